The van der Waals surface area contributed by atoms with Crippen LogP contribution >= 0.6 is 12.2 Å². The molecule has 6 nitrogen and oxygen atoms in total. The van der Waals surface area contributed by atoms with Crippen LogP contribution in [0.5, 0.6) is 0 Å². The summed E-state index contributed by atoms with van der Waals surface area (Å²) in [5, 5.41) is 7.67. The SMILES string of the molecule is COCCCN1C(=O)/C(=C\c2cc(C)n(C)n2)NC1=S. The molecule has 0 unspecified atom stereocenters. The molecule has 0 aliphatic carbocycles. The van der Waals surface area contributed by atoms with Gasteiger partial charge >= 0.3 is 0 Å². The number of carbonyl (C=O) groups excluding carboxylic acids is 1. The topological polar surface area (TPSA) is 59.4 Å². The monoisotopic (exact) mass is 294 g/mol. The minimum Gasteiger partial charge on any atom is -0.385 e. The number of aryl methyl sites for hydroxylation is 2. The van der Waals surface area contributed by atoms with Gasteiger partial charge in [-0.3, -0.25) is 14.4 Å². The zero-order valence-electron chi connectivity index (χ0n) is 11.8. The van der Waals surface area contributed by atoms with Gasteiger partial charge in [0.1, 0.15) is 5.70 Å². The molecule has 7 heteroatoms. The van der Waals surface area contributed by atoms with Crippen molar-refractivity contribution in [2.24, 2.45) is 7.05 Å². The summed E-state index contributed by atoms with van der Waals surface area (Å²) in [6.45, 7) is 3.11. The molecule has 1 aliphatic heterocycles. The minimum atomic E-state index is -0.116. The Labute approximate surface area is 123 Å². The number of ether oxygens (including phenoxy) is 1. The zero-order chi connectivity index (χ0) is 14.7. The van der Waals surface area contributed by atoms with E-state index in [0.29, 0.717) is 24.0 Å². The summed E-state index contributed by atoms with van der Waals surface area (Å²) in [7, 11) is 3.50. The lowest BCUT2D eigenvalue weighted by atomic mass is 10.3. The summed E-state index contributed by atoms with van der Waals surface area (Å²) in [5.41, 5.74) is 2.23. The highest BCUT2D eigenvalue weighted by molar-refractivity contribution is 7.80. The number of nitrogens with zero attached hydrogens (tertiary/aromatic N) is 3. The van der Waals surface area contributed by atoms with Crippen LogP contribution in [0.3, 0.4) is 0 Å². The summed E-state index contributed by atoms with van der Waals surface area (Å²) in [4.78, 5) is 13.8. The predicted octanol–water partition coefficient (Wildman–Crippen LogP) is 0.823. The van der Waals surface area contributed by atoms with Crippen molar-refractivity contribution in [2.45, 2.75) is 13.3 Å². The second-order valence-corrected chi connectivity index (χ2v) is 5.01. The fourth-order valence-electron chi connectivity index (χ4n) is 1.95. The van der Waals surface area contributed by atoms with Gasteiger partial charge in [0.15, 0.2) is 5.11 Å². The molecule has 0 aromatic carbocycles. The lowest BCUT2D eigenvalue weighted by Gasteiger charge is -2.12. The average Bonchev–Trinajstić information content (AvgIpc) is 2.84. The number of hydrogen-bond donors (Lipinski definition) is 1. The molecule has 1 aliphatic rings. The lowest BCUT2D eigenvalue weighted by Crippen LogP contribution is -2.32. The number of carbonyl (C=O) groups is 1. The van der Waals surface area contributed by atoms with Gasteiger partial charge in [0, 0.05) is 33.0 Å². The third kappa shape index (κ3) is 3.05. The molecule has 2 rings (SSSR count). The summed E-state index contributed by atoms with van der Waals surface area (Å²) in [6, 6.07) is 1.92. The van der Waals surface area contributed by atoms with Crippen LogP contribution in [0, 0.1) is 6.92 Å². The molecule has 0 atom stereocenters. The second-order valence-electron chi connectivity index (χ2n) is 4.63. The van der Waals surface area contributed by atoms with Crippen molar-refractivity contribution in [3.8, 4) is 0 Å². The maximum atomic E-state index is 12.2. The number of hydrogen-bond acceptors (Lipinski definition) is 4. The highest BCUT2D eigenvalue weighted by Crippen LogP contribution is 2.14. The molecule has 0 saturated carbocycles. The molecule has 1 amide bonds. The van der Waals surface area contributed by atoms with Crippen LogP contribution in [0.4, 0.5) is 0 Å². The van der Waals surface area contributed by atoms with Gasteiger partial charge in [-0.1, -0.05) is 0 Å². The quantitative estimate of drug-likeness (QED) is 0.495. The van der Waals surface area contributed by atoms with Crippen molar-refractivity contribution in [2.75, 3.05) is 20.3 Å². The van der Waals surface area contributed by atoms with Crippen molar-refractivity contribution >= 4 is 29.3 Å². The second kappa shape index (κ2) is 6.15. The number of nitrogens with one attached hydrogen (secondary N) is 1. The van der Waals surface area contributed by atoms with Gasteiger partial charge in [-0.15, -0.1) is 0 Å². The molecular weight excluding hydrogens is 276 g/mol. The molecule has 20 heavy (non-hydrogen) atoms. The van der Waals surface area contributed by atoms with E-state index in [2.05, 4.69) is 10.4 Å². The molecule has 0 bridgehead atoms. The Morgan fingerprint density at radius 3 is 2.90 bits per heavy atom. The number of rotatable bonds is 5. The van der Waals surface area contributed by atoms with Gasteiger partial charge in [-0.25, -0.2) is 0 Å². The first-order valence-corrected chi connectivity index (χ1v) is 6.78. The Balaban J connectivity index is 2.10. The van der Waals surface area contributed by atoms with E-state index >= 15 is 0 Å². The van der Waals surface area contributed by atoms with Gasteiger partial charge in [0.25, 0.3) is 5.91 Å². The van der Waals surface area contributed by atoms with Gasteiger partial charge in [-0.2, -0.15) is 5.10 Å². The molecular formula is C13H18N4O2S. The highest BCUT2D eigenvalue weighted by Gasteiger charge is 2.30. The predicted molar refractivity (Wildman–Crippen MR) is 79.9 cm³/mol. The largest absolute Gasteiger partial charge is 0.385 e. The van der Waals surface area contributed by atoms with Crippen molar-refractivity contribution in [1.82, 2.24) is 20.0 Å². The van der Waals surface area contributed by atoms with Crippen LogP contribution in [0.2, 0.25) is 0 Å². The average molecular weight is 294 g/mol. The van der Waals surface area contributed by atoms with Crippen molar-refractivity contribution in [3.63, 3.8) is 0 Å². The first-order valence-electron chi connectivity index (χ1n) is 6.37. The molecule has 1 aromatic heterocycles. The van der Waals surface area contributed by atoms with Crippen LogP contribution in [0.1, 0.15) is 17.8 Å². The van der Waals surface area contributed by atoms with Crippen LogP contribution < -0.4 is 5.32 Å². The normalized spacial score (nSPS) is 17.1. The first kappa shape index (κ1) is 14.7. The molecule has 2 heterocycles. The fourth-order valence-corrected chi connectivity index (χ4v) is 2.23. The summed E-state index contributed by atoms with van der Waals surface area (Å²) in [6.07, 6.45) is 2.47. The Kier molecular flexibility index (Phi) is 4.51. The highest BCUT2D eigenvalue weighted by atomic mass is 32.1. The first-order chi connectivity index (χ1) is 9.52. The van der Waals surface area contributed by atoms with Crippen molar-refractivity contribution in [1.29, 1.82) is 0 Å². The van der Waals surface area contributed by atoms with Gasteiger partial charge in [0.2, 0.25) is 0 Å². The molecule has 1 fully saturated rings. The van der Waals surface area contributed by atoms with Crippen LogP contribution in [-0.2, 0) is 16.6 Å². The van der Waals surface area contributed by atoms with Gasteiger partial charge in [-0.05, 0) is 37.7 Å². The molecule has 1 saturated heterocycles. The summed E-state index contributed by atoms with van der Waals surface area (Å²) in [5.74, 6) is -0.116. The smallest absolute Gasteiger partial charge is 0.276 e. The number of methoxy groups -OCH3 is 1. The Morgan fingerprint density at radius 1 is 1.55 bits per heavy atom. The number of amides is 1. The van der Waals surface area contributed by atoms with E-state index in [9.17, 15) is 4.79 Å². The van der Waals surface area contributed by atoms with Crippen LogP contribution in [0.25, 0.3) is 6.08 Å². The third-order valence-corrected chi connectivity index (χ3v) is 3.44. The van der Waals surface area contributed by atoms with Crippen molar-refractivity contribution in [3.05, 3.63) is 23.2 Å². The Bertz CT molecular complexity index is 545. The van der Waals surface area contributed by atoms with E-state index < -0.39 is 0 Å². The van der Waals surface area contributed by atoms with Crippen molar-refractivity contribution < 1.29 is 9.53 Å². The molecule has 1 N–H and O–H groups in total. The van der Waals surface area contributed by atoms with Gasteiger partial charge < -0.3 is 10.1 Å². The van der Waals surface area contributed by atoms with E-state index in [1.54, 1.807) is 22.8 Å². The molecule has 1 aromatic rings. The van der Waals surface area contributed by atoms with E-state index in [0.717, 1.165) is 17.8 Å². The van der Waals surface area contributed by atoms with Crippen LogP contribution in [0.15, 0.2) is 11.8 Å². The molecule has 0 radical (unpaired) electrons. The minimum absolute atomic E-state index is 0.116. The summed E-state index contributed by atoms with van der Waals surface area (Å²) >= 11 is 5.18. The lowest BCUT2D eigenvalue weighted by molar-refractivity contribution is -0.122. The van der Waals surface area contributed by atoms with Crippen LogP contribution in [-0.4, -0.2) is 46.0 Å². The molecule has 108 valence electrons. The maximum absolute atomic E-state index is 12.2. The van der Waals surface area contributed by atoms with E-state index in [4.69, 9.17) is 17.0 Å². The fraction of sp³-hybridized carbons (Fsp3) is 0.462. The third-order valence-electron chi connectivity index (χ3n) is 3.12. The zero-order valence-corrected chi connectivity index (χ0v) is 12.7. The Morgan fingerprint density at radius 2 is 2.30 bits per heavy atom. The summed E-state index contributed by atoms with van der Waals surface area (Å²) < 4.78 is 6.75. The maximum Gasteiger partial charge on any atom is 0.276 e. The number of thiocarbonyl (C=S) groups is 1. The standard InChI is InChI=1S/C13H18N4O2S/c1-9-7-10(15-16(9)2)8-11-12(18)17(13(20)14-11)5-4-6-19-3/h7-8H,4-6H2,1-3H3,(H,14,20)/b11-8+. The Hall–Kier alpha value is -1.73. The number of aromatic nitrogens is 2. The van der Waals surface area contributed by atoms with E-state index in [1.807, 2.05) is 20.0 Å². The molecule has 0 spiro atoms. The van der Waals surface area contributed by atoms with E-state index in [1.165, 1.54) is 0 Å². The van der Waals surface area contributed by atoms with Gasteiger partial charge in [0.05, 0.1) is 5.69 Å². The van der Waals surface area contributed by atoms with E-state index in [-0.39, 0.29) is 5.91 Å².